The molecule has 2 aromatic heterocycles. The molecule has 8 heteroatoms. The molecule has 4 aromatic rings. The number of nitrogens with zero attached hydrogens (tertiary/aromatic N) is 4. The van der Waals surface area contributed by atoms with E-state index in [-0.39, 0.29) is 6.79 Å². The van der Waals surface area contributed by atoms with Crippen LogP contribution >= 0.6 is 11.6 Å². The van der Waals surface area contributed by atoms with Gasteiger partial charge in [0.15, 0.2) is 11.5 Å². The molecule has 0 N–H and O–H groups in total. The van der Waals surface area contributed by atoms with Gasteiger partial charge in [-0.1, -0.05) is 24.6 Å². The van der Waals surface area contributed by atoms with Crippen LogP contribution in [0.1, 0.15) is 23.9 Å². The molecule has 1 aliphatic rings. The number of halogens is 1. The number of ether oxygens (including phenoxy) is 3. The van der Waals surface area contributed by atoms with Gasteiger partial charge in [0.2, 0.25) is 12.7 Å². The summed E-state index contributed by atoms with van der Waals surface area (Å²) in [5, 5.41) is 0.401. The van der Waals surface area contributed by atoms with E-state index in [1.807, 2.05) is 60.2 Å². The minimum absolute atomic E-state index is 0.240. The Bertz CT molecular complexity index is 1210. The Kier molecular flexibility index (Phi) is 5.18. The van der Waals surface area contributed by atoms with Crippen molar-refractivity contribution in [1.29, 1.82) is 0 Å². The second-order valence-corrected chi connectivity index (χ2v) is 7.36. The van der Waals surface area contributed by atoms with Crippen molar-refractivity contribution in [3.8, 4) is 28.8 Å². The minimum atomic E-state index is 0.240. The van der Waals surface area contributed by atoms with E-state index in [2.05, 4.69) is 15.0 Å². The van der Waals surface area contributed by atoms with Crippen LogP contribution in [0.5, 0.6) is 23.1 Å². The van der Waals surface area contributed by atoms with Gasteiger partial charge in [0.25, 0.3) is 0 Å². The van der Waals surface area contributed by atoms with E-state index in [1.54, 1.807) is 12.5 Å². The number of aromatic nitrogens is 4. The van der Waals surface area contributed by atoms with Gasteiger partial charge in [-0.3, -0.25) is 0 Å². The van der Waals surface area contributed by atoms with E-state index in [0.29, 0.717) is 35.4 Å². The molecule has 0 saturated carbocycles. The summed E-state index contributed by atoms with van der Waals surface area (Å²) in [5.41, 5.74) is 2.76. The summed E-state index contributed by atoms with van der Waals surface area (Å²) in [6, 6.07) is 13.5. The first-order chi connectivity index (χ1) is 15.2. The Balaban J connectivity index is 1.40. The molecule has 0 amide bonds. The Labute approximate surface area is 184 Å². The van der Waals surface area contributed by atoms with Crippen LogP contribution in [0, 0.1) is 0 Å². The van der Waals surface area contributed by atoms with Crippen LogP contribution in [0.25, 0.3) is 5.69 Å². The SMILES string of the molecule is CCc1c(Cl)nc(Cc2ccc3c(c2)OCO3)nc1Oc1ccc(-n2ccnc2)cc1. The Morgan fingerprint density at radius 1 is 1.06 bits per heavy atom. The normalized spacial score (nSPS) is 12.2. The predicted molar refractivity (Wildman–Crippen MR) is 115 cm³/mol. The molecule has 3 heterocycles. The predicted octanol–water partition coefficient (Wildman–Crippen LogP) is 4.99. The van der Waals surface area contributed by atoms with E-state index < -0.39 is 0 Å². The van der Waals surface area contributed by atoms with Crippen molar-refractivity contribution in [3.63, 3.8) is 0 Å². The first kappa shape index (κ1) is 19.4. The first-order valence-corrected chi connectivity index (χ1v) is 10.3. The lowest BCUT2D eigenvalue weighted by atomic mass is 10.1. The van der Waals surface area contributed by atoms with E-state index in [1.165, 1.54) is 0 Å². The third-order valence-electron chi connectivity index (χ3n) is 4.97. The maximum atomic E-state index is 6.47. The van der Waals surface area contributed by atoms with Gasteiger partial charge in [-0.15, -0.1) is 0 Å². The van der Waals surface area contributed by atoms with Gasteiger partial charge in [-0.2, -0.15) is 4.98 Å². The van der Waals surface area contributed by atoms with Crippen molar-refractivity contribution >= 4 is 11.6 Å². The lowest BCUT2D eigenvalue weighted by Crippen LogP contribution is -2.04. The topological polar surface area (TPSA) is 71.3 Å². The highest BCUT2D eigenvalue weighted by molar-refractivity contribution is 6.30. The van der Waals surface area contributed by atoms with Crippen molar-refractivity contribution in [1.82, 2.24) is 19.5 Å². The molecule has 31 heavy (non-hydrogen) atoms. The zero-order valence-electron chi connectivity index (χ0n) is 16.8. The molecule has 1 aliphatic heterocycles. The number of hydrogen-bond donors (Lipinski definition) is 0. The molecular formula is C23H19ClN4O3. The monoisotopic (exact) mass is 434 g/mol. The van der Waals surface area contributed by atoms with Gasteiger partial charge in [0.05, 0.1) is 11.9 Å². The summed E-state index contributed by atoms with van der Waals surface area (Å²) < 4.78 is 18.9. The van der Waals surface area contributed by atoms with Crippen LogP contribution in [0.4, 0.5) is 0 Å². The van der Waals surface area contributed by atoms with Crippen LogP contribution in [0.15, 0.2) is 61.2 Å². The lowest BCUT2D eigenvalue weighted by molar-refractivity contribution is 0.174. The summed E-state index contributed by atoms with van der Waals surface area (Å²) in [4.78, 5) is 13.2. The van der Waals surface area contributed by atoms with Crippen LogP contribution in [0.2, 0.25) is 5.15 Å². The number of fused-ring (bicyclic) bond motifs is 1. The zero-order chi connectivity index (χ0) is 21.2. The standard InChI is InChI=1S/C23H19ClN4O3/c1-2-18-22(24)26-21(12-15-3-8-19-20(11-15)30-14-29-19)27-23(18)31-17-6-4-16(5-7-17)28-10-9-25-13-28/h3-11,13H,2,12,14H2,1H3. The molecule has 0 fully saturated rings. The summed E-state index contributed by atoms with van der Waals surface area (Å²) in [7, 11) is 0. The van der Waals surface area contributed by atoms with E-state index in [9.17, 15) is 0 Å². The Hall–Kier alpha value is -3.58. The van der Waals surface area contributed by atoms with Crippen molar-refractivity contribution < 1.29 is 14.2 Å². The van der Waals surface area contributed by atoms with Crippen LogP contribution in [0.3, 0.4) is 0 Å². The average Bonchev–Trinajstić information content (AvgIpc) is 3.46. The second-order valence-electron chi connectivity index (χ2n) is 7.00. The van der Waals surface area contributed by atoms with E-state index in [0.717, 1.165) is 28.3 Å². The van der Waals surface area contributed by atoms with Gasteiger partial charge >= 0.3 is 0 Å². The van der Waals surface area contributed by atoms with Gasteiger partial charge < -0.3 is 18.8 Å². The zero-order valence-corrected chi connectivity index (χ0v) is 17.5. The molecule has 0 bridgehead atoms. The van der Waals surface area contributed by atoms with E-state index in [4.69, 9.17) is 25.8 Å². The highest BCUT2D eigenvalue weighted by atomic mass is 35.5. The van der Waals surface area contributed by atoms with Gasteiger partial charge in [-0.25, -0.2) is 9.97 Å². The fourth-order valence-electron chi connectivity index (χ4n) is 3.38. The highest BCUT2D eigenvalue weighted by Gasteiger charge is 2.17. The molecule has 7 nitrogen and oxygen atoms in total. The third kappa shape index (κ3) is 4.04. The second kappa shape index (κ2) is 8.28. The smallest absolute Gasteiger partial charge is 0.231 e. The Morgan fingerprint density at radius 3 is 2.68 bits per heavy atom. The third-order valence-corrected chi connectivity index (χ3v) is 5.28. The largest absolute Gasteiger partial charge is 0.454 e. The molecule has 2 aromatic carbocycles. The molecule has 0 saturated heterocycles. The van der Waals surface area contributed by atoms with E-state index >= 15 is 0 Å². The van der Waals surface area contributed by atoms with Crippen LogP contribution < -0.4 is 14.2 Å². The average molecular weight is 435 g/mol. The fraction of sp³-hybridized carbons (Fsp3) is 0.174. The molecule has 0 aliphatic carbocycles. The van der Waals surface area contributed by atoms with Crippen LogP contribution in [-0.4, -0.2) is 26.3 Å². The Morgan fingerprint density at radius 2 is 1.90 bits per heavy atom. The van der Waals surface area contributed by atoms with Gasteiger partial charge in [0.1, 0.15) is 16.7 Å². The lowest BCUT2D eigenvalue weighted by Gasteiger charge is -2.13. The quantitative estimate of drug-likeness (QED) is 0.398. The van der Waals surface area contributed by atoms with Crippen molar-refractivity contribution in [2.45, 2.75) is 19.8 Å². The number of hydrogen-bond acceptors (Lipinski definition) is 6. The van der Waals surface area contributed by atoms with Gasteiger partial charge in [-0.05, 0) is 48.4 Å². The molecule has 156 valence electrons. The number of benzene rings is 2. The number of rotatable bonds is 6. The highest BCUT2D eigenvalue weighted by Crippen LogP contribution is 2.34. The first-order valence-electron chi connectivity index (χ1n) is 9.89. The molecule has 0 radical (unpaired) electrons. The maximum Gasteiger partial charge on any atom is 0.231 e. The minimum Gasteiger partial charge on any atom is -0.454 e. The van der Waals surface area contributed by atoms with Gasteiger partial charge in [0, 0.05) is 24.5 Å². The summed E-state index contributed by atoms with van der Waals surface area (Å²) in [5.74, 6) is 3.18. The fourth-order valence-corrected chi connectivity index (χ4v) is 3.69. The van der Waals surface area contributed by atoms with Crippen molar-refractivity contribution in [3.05, 3.63) is 83.3 Å². The summed E-state index contributed by atoms with van der Waals surface area (Å²) in [6.45, 7) is 2.24. The maximum absolute atomic E-state index is 6.47. The molecule has 0 atom stereocenters. The van der Waals surface area contributed by atoms with Crippen molar-refractivity contribution in [2.75, 3.05) is 6.79 Å². The molecule has 0 spiro atoms. The molecule has 5 rings (SSSR count). The molecular weight excluding hydrogens is 416 g/mol. The summed E-state index contributed by atoms with van der Waals surface area (Å²) in [6.07, 6.45) is 6.53. The number of imidazole rings is 1. The molecule has 0 unspecified atom stereocenters. The van der Waals surface area contributed by atoms with Crippen LogP contribution in [-0.2, 0) is 12.8 Å². The summed E-state index contributed by atoms with van der Waals surface area (Å²) >= 11 is 6.47. The van der Waals surface area contributed by atoms with Crippen molar-refractivity contribution in [2.24, 2.45) is 0 Å².